The summed E-state index contributed by atoms with van der Waals surface area (Å²) < 4.78 is 5.35. The van der Waals surface area contributed by atoms with Crippen LogP contribution in [0.3, 0.4) is 0 Å². The molecule has 1 aliphatic heterocycles. The molecule has 0 unspecified atom stereocenters. The fourth-order valence-corrected chi connectivity index (χ4v) is 1.24. The second kappa shape index (κ2) is 2.57. The van der Waals surface area contributed by atoms with E-state index in [1.807, 2.05) is 12.1 Å². The maximum absolute atomic E-state index is 5.80. The quantitative estimate of drug-likeness (QED) is 0.509. The van der Waals surface area contributed by atoms with E-state index in [4.69, 9.17) is 12.6 Å². The molecule has 0 bridgehead atoms. The standard InChI is InChI=1S/C8H8BNO/c9-6-3-5-11-7-2-1-4-10-8(6)7/h1-2,4,6H,3,5H2/t6-/m0/s1. The molecule has 1 atom stereocenters. The van der Waals surface area contributed by atoms with Crippen molar-refractivity contribution in [1.29, 1.82) is 0 Å². The Morgan fingerprint density at radius 2 is 2.55 bits per heavy atom. The molecule has 0 spiro atoms. The van der Waals surface area contributed by atoms with Gasteiger partial charge in [-0.1, -0.05) is 0 Å². The van der Waals surface area contributed by atoms with Gasteiger partial charge in [-0.15, -0.1) is 0 Å². The van der Waals surface area contributed by atoms with E-state index in [0.29, 0.717) is 6.61 Å². The van der Waals surface area contributed by atoms with Crippen molar-refractivity contribution in [3.63, 3.8) is 0 Å². The summed E-state index contributed by atoms with van der Waals surface area (Å²) >= 11 is 0. The van der Waals surface area contributed by atoms with Crippen LogP contribution in [-0.2, 0) is 0 Å². The van der Waals surface area contributed by atoms with Crippen LogP contribution in [0.25, 0.3) is 0 Å². The topological polar surface area (TPSA) is 22.1 Å². The van der Waals surface area contributed by atoms with Crippen LogP contribution in [0.4, 0.5) is 0 Å². The molecular formula is C8H8BNO. The minimum Gasteiger partial charge on any atom is -0.492 e. The maximum atomic E-state index is 5.80. The maximum Gasteiger partial charge on any atom is 0.140 e. The zero-order valence-corrected chi connectivity index (χ0v) is 6.16. The molecule has 54 valence electrons. The highest BCUT2D eigenvalue weighted by molar-refractivity contribution is 6.12. The molecule has 0 saturated heterocycles. The molecule has 0 aromatic carbocycles. The number of aromatic nitrogens is 1. The van der Waals surface area contributed by atoms with Gasteiger partial charge in [-0.3, -0.25) is 4.98 Å². The Kier molecular flexibility index (Phi) is 1.57. The Balaban J connectivity index is 2.44. The minimum atomic E-state index is 0.0555. The summed E-state index contributed by atoms with van der Waals surface area (Å²) in [5.41, 5.74) is 0.888. The van der Waals surface area contributed by atoms with E-state index in [-0.39, 0.29) is 5.82 Å². The molecule has 0 saturated carbocycles. The van der Waals surface area contributed by atoms with Crippen LogP contribution < -0.4 is 4.74 Å². The first-order chi connectivity index (χ1) is 5.38. The van der Waals surface area contributed by atoms with Gasteiger partial charge in [-0.2, -0.15) is 0 Å². The minimum absolute atomic E-state index is 0.0555. The van der Waals surface area contributed by atoms with Crippen LogP contribution in [-0.4, -0.2) is 19.4 Å². The number of rotatable bonds is 0. The van der Waals surface area contributed by atoms with Gasteiger partial charge in [0.2, 0.25) is 0 Å². The molecule has 0 aliphatic carbocycles. The van der Waals surface area contributed by atoms with Crippen molar-refractivity contribution >= 4 is 7.85 Å². The largest absolute Gasteiger partial charge is 0.492 e. The fourth-order valence-electron chi connectivity index (χ4n) is 1.24. The van der Waals surface area contributed by atoms with E-state index in [0.717, 1.165) is 17.9 Å². The van der Waals surface area contributed by atoms with Gasteiger partial charge in [-0.05, 0) is 24.4 Å². The van der Waals surface area contributed by atoms with Crippen molar-refractivity contribution < 1.29 is 4.74 Å². The van der Waals surface area contributed by atoms with E-state index in [1.54, 1.807) is 6.20 Å². The second-order valence-corrected chi connectivity index (χ2v) is 2.63. The van der Waals surface area contributed by atoms with Gasteiger partial charge >= 0.3 is 0 Å². The molecule has 1 aliphatic rings. The van der Waals surface area contributed by atoms with Crippen molar-refractivity contribution in [1.82, 2.24) is 4.98 Å². The summed E-state index contributed by atoms with van der Waals surface area (Å²) in [6.45, 7) is 0.708. The Bertz CT molecular complexity index is 264. The molecule has 1 aromatic heterocycles. The molecule has 0 N–H and O–H groups in total. The van der Waals surface area contributed by atoms with Crippen LogP contribution in [0.2, 0.25) is 0 Å². The molecule has 2 radical (unpaired) electrons. The predicted molar refractivity (Wildman–Crippen MR) is 42.8 cm³/mol. The van der Waals surface area contributed by atoms with Crippen LogP contribution in [0, 0.1) is 0 Å². The normalized spacial score (nSPS) is 22.0. The average Bonchev–Trinajstić information content (AvgIpc) is 2.06. The SMILES string of the molecule is [B][C@H]1CCOc2cccnc21. The number of ether oxygens (including phenoxy) is 1. The predicted octanol–water partition coefficient (Wildman–Crippen LogP) is 1.07. The Morgan fingerprint density at radius 1 is 1.64 bits per heavy atom. The first kappa shape index (κ1) is 6.71. The lowest BCUT2D eigenvalue weighted by molar-refractivity contribution is 0.281. The van der Waals surface area contributed by atoms with Gasteiger partial charge in [0.15, 0.2) is 0 Å². The zero-order chi connectivity index (χ0) is 7.68. The van der Waals surface area contributed by atoms with Crippen molar-refractivity contribution in [3.8, 4) is 5.75 Å². The third-order valence-corrected chi connectivity index (χ3v) is 1.84. The van der Waals surface area contributed by atoms with Crippen LogP contribution in [0.5, 0.6) is 5.75 Å². The summed E-state index contributed by atoms with van der Waals surface area (Å²) in [5, 5.41) is 0. The lowest BCUT2D eigenvalue weighted by atomic mass is 9.80. The summed E-state index contributed by atoms with van der Waals surface area (Å²) in [6, 6.07) is 3.76. The van der Waals surface area contributed by atoms with E-state index in [1.165, 1.54) is 0 Å². The summed E-state index contributed by atoms with van der Waals surface area (Å²) in [6.07, 6.45) is 2.61. The van der Waals surface area contributed by atoms with Gasteiger partial charge in [0.05, 0.1) is 20.1 Å². The van der Waals surface area contributed by atoms with Gasteiger partial charge in [0, 0.05) is 6.20 Å². The molecule has 0 fully saturated rings. The zero-order valence-electron chi connectivity index (χ0n) is 6.16. The number of nitrogens with zero attached hydrogens (tertiary/aromatic N) is 1. The molecule has 1 aromatic rings. The lowest BCUT2D eigenvalue weighted by Gasteiger charge is -2.21. The van der Waals surface area contributed by atoms with Crippen molar-refractivity contribution in [3.05, 3.63) is 24.0 Å². The van der Waals surface area contributed by atoms with E-state index in [2.05, 4.69) is 4.98 Å². The van der Waals surface area contributed by atoms with Crippen LogP contribution in [0.15, 0.2) is 18.3 Å². The highest BCUT2D eigenvalue weighted by Gasteiger charge is 2.16. The molecular weight excluding hydrogens is 137 g/mol. The molecule has 2 nitrogen and oxygen atoms in total. The number of hydrogen-bond acceptors (Lipinski definition) is 2. The van der Waals surface area contributed by atoms with E-state index in [9.17, 15) is 0 Å². The Hall–Kier alpha value is -0.985. The highest BCUT2D eigenvalue weighted by atomic mass is 16.5. The van der Waals surface area contributed by atoms with Crippen LogP contribution >= 0.6 is 0 Å². The van der Waals surface area contributed by atoms with Crippen LogP contribution in [0.1, 0.15) is 17.9 Å². The molecule has 2 rings (SSSR count). The van der Waals surface area contributed by atoms with Crippen molar-refractivity contribution in [2.75, 3.05) is 6.61 Å². The van der Waals surface area contributed by atoms with Gasteiger partial charge in [0.25, 0.3) is 0 Å². The monoisotopic (exact) mass is 145 g/mol. The second-order valence-electron chi connectivity index (χ2n) is 2.63. The Morgan fingerprint density at radius 3 is 3.36 bits per heavy atom. The smallest absolute Gasteiger partial charge is 0.140 e. The van der Waals surface area contributed by atoms with Crippen molar-refractivity contribution in [2.45, 2.75) is 12.2 Å². The molecule has 3 heteroatoms. The lowest BCUT2D eigenvalue weighted by Crippen LogP contribution is -2.15. The Labute approximate surface area is 67.0 Å². The third-order valence-electron chi connectivity index (χ3n) is 1.84. The number of fused-ring (bicyclic) bond motifs is 1. The number of hydrogen-bond donors (Lipinski definition) is 0. The first-order valence-corrected chi connectivity index (χ1v) is 3.71. The molecule has 2 heterocycles. The molecule has 11 heavy (non-hydrogen) atoms. The van der Waals surface area contributed by atoms with Gasteiger partial charge < -0.3 is 4.74 Å². The number of pyridine rings is 1. The fraction of sp³-hybridized carbons (Fsp3) is 0.375. The van der Waals surface area contributed by atoms with E-state index >= 15 is 0 Å². The summed E-state index contributed by atoms with van der Waals surface area (Å²) in [7, 11) is 5.80. The van der Waals surface area contributed by atoms with Gasteiger partial charge in [-0.25, -0.2) is 0 Å². The average molecular weight is 145 g/mol. The molecule has 0 amide bonds. The summed E-state index contributed by atoms with van der Waals surface area (Å²) in [4.78, 5) is 4.15. The summed E-state index contributed by atoms with van der Waals surface area (Å²) in [5.74, 6) is 0.895. The highest BCUT2D eigenvalue weighted by Crippen LogP contribution is 2.28. The van der Waals surface area contributed by atoms with Gasteiger partial charge in [0.1, 0.15) is 5.75 Å². The third kappa shape index (κ3) is 1.11. The van der Waals surface area contributed by atoms with Crippen molar-refractivity contribution in [2.24, 2.45) is 0 Å². The first-order valence-electron chi connectivity index (χ1n) is 3.71. The van der Waals surface area contributed by atoms with E-state index < -0.39 is 0 Å².